The zero-order valence-corrected chi connectivity index (χ0v) is 17.1. The maximum Gasteiger partial charge on any atom is 0.272 e. The number of aryl methyl sites for hydroxylation is 2. The fraction of sp³-hybridized carbons (Fsp3) is 0.450. The van der Waals surface area contributed by atoms with Crippen molar-refractivity contribution in [3.63, 3.8) is 0 Å². The van der Waals surface area contributed by atoms with Crippen molar-refractivity contribution in [1.29, 1.82) is 0 Å². The second-order valence-electron chi connectivity index (χ2n) is 7.42. The summed E-state index contributed by atoms with van der Waals surface area (Å²) in [7, 11) is 0. The number of amides is 2. The van der Waals surface area contributed by atoms with Gasteiger partial charge < -0.3 is 14.7 Å². The average molecular weight is 411 g/mol. The normalized spacial score (nSPS) is 13.3. The lowest BCUT2D eigenvalue weighted by molar-refractivity contribution is -0.132. The first-order valence-corrected chi connectivity index (χ1v) is 10.0. The summed E-state index contributed by atoms with van der Waals surface area (Å²) in [4.78, 5) is 27.0. The van der Waals surface area contributed by atoms with Gasteiger partial charge in [-0.3, -0.25) is 19.4 Å². The van der Waals surface area contributed by atoms with Gasteiger partial charge in [0, 0.05) is 43.0 Å². The molecule has 10 nitrogen and oxygen atoms in total. The largest absolute Gasteiger partial charge is 0.361 e. The van der Waals surface area contributed by atoms with Gasteiger partial charge in [-0.15, -0.1) is 0 Å². The summed E-state index contributed by atoms with van der Waals surface area (Å²) in [5, 5.41) is 18.1. The molecule has 0 aromatic carbocycles. The zero-order chi connectivity index (χ0) is 21.1. The highest BCUT2D eigenvalue weighted by atomic mass is 16.5. The second kappa shape index (κ2) is 8.52. The number of fused-ring (bicyclic) bond motifs is 1. The van der Waals surface area contributed by atoms with E-state index in [2.05, 4.69) is 25.8 Å². The number of hydrogen-bond acceptors (Lipinski definition) is 6. The Balaban J connectivity index is 1.31. The Hall–Kier alpha value is -3.43. The third kappa shape index (κ3) is 4.12. The van der Waals surface area contributed by atoms with Crippen molar-refractivity contribution in [3.8, 4) is 0 Å². The summed E-state index contributed by atoms with van der Waals surface area (Å²) < 4.78 is 6.92. The van der Waals surface area contributed by atoms with Gasteiger partial charge in [-0.25, -0.2) is 0 Å². The van der Waals surface area contributed by atoms with Crippen LogP contribution in [-0.2, 0) is 30.7 Å². The molecule has 0 aliphatic carbocycles. The highest BCUT2D eigenvalue weighted by Gasteiger charge is 2.27. The number of aromatic amines is 1. The van der Waals surface area contributed by atoms with Crippen molar-refractivity contribution in [1.82, 2.24) is 35.4 Å². The fourth-order valence-corrected chi connectivity index (χ4v) is 3.77. The van der Waals surface area contributed by atoms with E-state index >= 15 is 0 Å². The summed E-state index contributed by atoms with van der Waals surface area (Å²) in [5.41, 5.74) is 3.95. The van der Waals surface area contributed by atoms with Gasteiger partial charge in [0.15, 0.2) is 5.69 Å². The van der Waals surface area contributed by atoms with Crippen LogP contribution in [0.1, 0.15) is 45.2 Å². The first kappa shape index (κ1) is 19.9. The van der Waals surface area contributed by atoms with E-state index in [1.807, 2.05) is 26.1 Å². The van der Waals surface area contributed by atoms with E-state index in [0.29, 0.717) is 51.1 Å². The third-order valence-electron chi connectivity index (χ3n) is 5.46. The quantitative estimate of drug-likeness (QED) is 0.602. The maximum absolute atomic E-state index is 12.7. The molecular weight excluding hydrogens is 386 g/mol. The standard InChI is InChI=1S/C20H25N7O3/c1-13-15(14(2)30-25-13)4-5-18(28)26-10-6-16-17(12-26)23-24-19(16)20(29)21-8-11-27-9-3-7-22-27/h3,7,9H,4-6,8,10-12H2,1-2H3,(H,21,29)(H,23,24). The number of H-pyrrole nitrogens is 1. The Morgan fingerprint density at radius 3 is 2.93 bits per heavy atom. The lowest BCUT2D eigenvalue weighted by atomic mass is 10.0. The van der Waals surface area contributed by atoms with E-state index in [1.54, 1.807) is 15.8 Å². The van der Waals surface area contributed by atoms with Crippen LogP contribution in [0, 0.1) is 13.8 Å². The van der Waals surface area contributed by atoms with Crippen LogP contribution in [-0.4, -0.2) is 54.9 Å². The number of carbonyl (C=O) groups excluding carboxylic acids is 2. The van der Waals surface area contributed by atoms with Crippen LogP contribution in [0.4, 0.5) is 0 Å². The Labute approximate surface area is 173 Å². The summed E-state index contributed by atoms with van der Waals surface area (Å²) in [6.07, 6.45) is 5.15. The minimum atomic E-state index is -0.210. The molecule has 0 spiro atoms. The number of aromatic nitrogens is 5. The van der Waals surface area contributed by atoms with Crippen molar-refractivity contribution in [3.05, 3.63) is 52.4 Å². The Morgan fingerprint density at radius 2 is 2.20 bits per heavy atom. The predicted octanol–water partition coefficient (Wildman–Crippen LogP) is 1.16. The van der Waals surface area contributed by atoms with E-state index in [1.165, 1.54) is 0 Å². The minimum Gasteiger partial charge on any atom is -0.361 e. The molecule has 4 heterocycles. The van der Waals surface area contributed by atoms with Crippen LogP contribution >= 0.6 is 0 Å². The summed E-state index contributed by atoms with van der Waals surface area (Å²) in [5.74, 6) is 0.622. The minimum absolute atomic E-state index is 0.0699. The van der Waals surface area contributed by atoms with Gasteiger partial charge in [-0.1, -0.05) is 5.16 Å². The monoisotopic (exact) mass is 411 g/mol. The van der Waals surface area contributed by atoms with Crippen molar-refractivity contribution < 1.29 is 14.1 Å². The molecule has 1 aliphatic heterocycles. The van der Waals surface area contributed by atoms with Crippen molar-refractivity contribution in [2.45, 2.75) is 46.2 Å². The van der Waals surface area contributed by atoms with Crippen LogP contribution in [0.25, 0.3) is 0 Å². The SMILES string of the molecule is Cc1noc(C)c1CCC(=O)N1CCc2c(C(=O)NCCn3cccn3)n[nH]c2C1. The van der Waals surface area contributed by atoms with Crippen molar-refractivity contribution in [2.75, 3.05) is 13.1 Å². The molecule has 3 aromatic rings. The molecule has 0 radical (unpaired) electrons. The summed E-state index contributed by atoms with van der Waals surface area (Å²) in [6.45, 7) is 5.81. The number of hydrogen-bond donors (Lipinski definition) is 2. The highest BCUT2D eigenvalue weighted by Crippen LogP contribution is 2.22. The van der Waals surface area contributed by atoms with E-state index in [0.717, 1.165) is 28.3 Å². The first-order chi connectivity index (χ1) is 14.5. The molecule has 0 saturated heterocycles. The van der Waals surface area contributed by atoms with Crippen LogP contribution < -0.4 is 5.32 Å². The lowest BCUT2D eigenvalue weighted by Gasteiger charge is -2.27. The molecule has 4 rings (SSSR count). The van der Waals surface area contributed by atoms with Crippen LogP contribution in [0.5, 0.6) is 0 Å². The van der Waals surface area contributed by atoms with Gasteiger partial charge in [-0.05, 0) is 32.8 Å². The number of nitrogens with one attached hydrogen (secondary N) is 2. The van der Waals surface area contributed by atoms with Crippen LogP contribution in [0.2, 0.25) is 0 Å². The topological polar surface area (TPSA) is 122 Å². The van der Waals surface area contributed by atoms with Gasteiger partial charge in [0.25, 0.3) is 5.91 Å². The van der Waals surface area contributed by atoms with Gasteiger partial charge in [0.1, 0.15) is 5.76 Å². The Kier molecular flexibility index (Phi) is 5.64. The molecule has 2 N–H and O–H groups in total. The molecule has 0 bridgehead atoms. The Morgan fingerprint density at radius 1 is 1.33 bits per heavy atom. The molecule has 2 amide bonds. The number of rotatable bonds is 7. The first-order valence-electron chi connectivity index (χ1n) is 10.0. The highest BCUT2D eigenvalue weighted by molar-refractivity contribution is 5.94. The smallest absolute Gasteiger partial charge is 0.272 e. The van der Waals surface area contributed by atoms with E-state index < -0.39 is 0 Å². The fourth-order valence-electron chi connectivity index (χ4n) is 3.77. The molecule has 0 unspecified atom stereocenters. The van der Waals surface area contributed by atoms with Crippen molar-refractivity contribution >= 4 is 11.8 Å². The van der Waals surface area contributed by atoms with Gasteiger partial charge >= 0.3 is 0 Å². The molecule has 0 saturated carbocycles. The van der Waals surface area contributed by atoms with Gasteiger partial charge in [0.2, 0.25) is 5.91 Å². The second-order valence-corrected chi connectivity index (χ2v) is 7.42. The number of nitrogens with zero attached hydrogens (tertiary/aromatic N) is 5. The maximum atomic E-state index is 12.7. The average Bonchev–Trinajstić information content (AvgIpc) is 3.47. The van der Waals surface area contributed by atoms with E-state index in [4.69, 9.17) is 4.52 Å². The molecule has 158 valence electrons. The van der Waals surface area contributed by atoms with E-state index in [-0.39, 0.29) is 11.8 Å². The number of carbonyl (C=O) groups is 2. The molecule has 1 aliphatic rings. The lowest BCUT2D eigenvalue weighted by Crippen LogP contribution is -2.37. The molecule has 0 fully saturated rings. The van der Waals surface area contributed by atoms with Gasteiger partial charge in [-0.2, -0.15) is 10.2 Å². The molecule has 0 atom stereocenters. The summed E-state index contributed by atoms with van der Waals surface area (Å²) in [6, 6.07) is 1.84. The van der Waals surface area contributed by atoms with E-state index in [9.17, 15) is 9.59 Å². The molecular formula is C20H25N7O3. The molecule has 3 aromatic heterocycles. The summed E-state index contributed by atoms with van der Waals surface area (Å²) >= 11 is 0. The Bertz CT molecular complexity index is 1020. The van der Waals surface area contributed by atoms with Crippen LogP contribution in [0.15, 0.2) is 23.0 Å². The van der Waals surface area contributed by atoms with Crippen LogP contribution in [0.3, 0.4) is 0 Å². The third-order valence-corrected chi connectivity index (χ3v) is 5.46. The molecule has 10 heteroatoms. The molecule has 30 heavy (non-hydrogen) atoms. The van der Waals surface area contributed by atoms with Crippen molar-refractivity contribution in [2.24, 2.45) is 0 Å². The van der Waals surface area contributed by atoms with Gasteiger partial charge in [0.05, 0.1) is 24.5 Å². The zero-order valence-electron chi connectivity index (χ0n) is 17.1. The predicted molar refractivity (Wildman–Crippen MR) is 107 cm³/mol.